The van der Waals surface area contributed by atoms with Crippen LogP contribution in [0.25, 0.3) is 0 Å². The lowest BCUT2D eigenvalue weighted by atomic mass is 10.00. The highest BCUT2D eigenvalue weighted by atomic mass is 16.2. The molecule has 1 aromatic rings. The lowest BCUT2D eigenvalue weighted by Gasteiger charge is -2.21. The average molecular weight is 218 g/mol. The third-order valence-corrected chi connectivity index (χ3v) is 2.91. The molecule has 1 aliphatic carbocycles. The van der Waals surface area contributed by atoms with Gasteiger partial charge in [-0.25, -0.2) is 0 Å². The van der Waals surface area contributed by atoms with Crippen molar-refractivity contribution in [3.05, 3.63) is 18.5 Å². The minimum atomic E-state index is -0.635. The standard InChI is InChI=1S/C11H14N4O/c12-9-11(4-1-2-5-11)14-10(16)8-15-7-3-6-13-15/h3,6-7H,1-2,4-5,8H2,(H,14,16). The van der Waals surface area contributed by atoms with Crippen LogP contribution in [0.1, 0.15) is 25.7 Å². The summed E-state index contributed by atoms with van der Waals surface area (Å²) in [7, 11) is 0. The van der Waals surface area contributed by atoms with Crippen LogP contribution in [0.5, 0.6) is 0 Å². The minimum Gasteiger partial charge on any atom is -0.336 e. The third-order valence-electron chi connectivity index (χ3n) is 2.91. The predicted octanol–water partition coefficient (Wildman–Crippen LogP) is 0.836. The maximum Gasteiger partial charge on any atom is 0.242 e. The molecule has 84 valence electrons. The van der Waals surface area contributed by atoms with E-state index in [9.17, 15) is 4.79 Å². The van der Waals surface area contributed by atoms with Crippen molar-refractivity contribution < 1.29 is 4.79 Å². The van der Waals surface area contributed by atoms with E-state index in [0.29, 0.717) is 0 Å². The number of nitrogens with one attached hydrogen (secondary N) is 1. The fourth-order valence-corrected chi connectivity index (χ4v) is 2.09. The normalized spacial score (nSPS) is 17.9. The molecule has 0 atom stereocenters. The Morgan fingerprint density at radius 1 is 1.56 bits per heavy atom. The summed E-state index contributed by atoms with van der Waals surface area (Å²) in [6, 6.07) is 3.99. The van der Waals surface area contributed by atoms with Crippen molar-refractivity contribution >= 4 is 5.91 Å². The predicted molar refractivity (Wildman–Crippen MR) is 57.2 cm³/mol. The van der Waals surface area contributed by atoms with Gasteiger partial charge in [0.2, 0.25) is 5.91 Å². The molecule has 2 rings (SSSR count). The summed E-state index contributed by atoms with van der Waals surface area (Å²) < 4.78 is 1.55. The summed E-state index contributed by atoms with van der Waals surface area (Å²) in [6.07, 6.45) is 6.89. The largest absolute Gasteiger partial charge is 0.336 e. The van der Waals surface area contributed by atoms with Gasteiger partial charge >= 0.3 is 0 Å². The van der Waals surface area contributed by atoms with Crippen molar-refractivity contribution in [1.82, 2.24) is 15.1 Å². The van der Waals surface area contributed by atoms with Crippen LogP contribution in [0.4, 0.5) is 0 Å². The number of aromatic nitrogens is 2. The van der Waals surface area contributed by atoms with E-state index < -0.39 is 5.54 Å². The molecule has 5 heteroatoms. The van der Waals surface area contributed by atoms with Crippen molar-refractivity contribution in [3.63, 3.8) is 0 Å². The first kappa shape index (κ1) is 10.7. The number of nitriles is 1. The van der Waals surface area contributed by atoms with Gasteiger partial charge in [0.05, 0.1) is 6.07 Å². The van der Waals surface area contributed by atoms with Crippen molar-refractivity contribution in [2.45, 2.75) is 37.8 Å². The van der Waals surface area contributed by atoms with Crippen LogP contribution in [0.3, 0.4) is 0 Å². The number of rotatable bonds is 3. The van der Waals surface area contributed by atoms with Crippen LogP contribution < -0.4 is 5.32 Å². The molecule has 1 heterocycles. The van der Waals surface area contributed by atoms with E-state index in [1.807, 2.05) is 0 Å². The molecule has 0 bridgehead atoms. The van der Waals surface area contributed by atoms with Crippen molar-refractivity contribution in [1.29, 1.82) is 5.26 Å². The summed E-state index contributed by atoms with van der Waals surface area (Å²) in [5.74, 6) is -0.146. The van der Waals surface area contributed by atoms with Crippen LogP contribution in [-0.2, 0) is 11.3 Å². The minimum absolute atomic E-state index is 0.146. The van der Waals surface area contributed by atoms with Crippen LogP contribution in [-0.4, -0.2) is 21.2 Å². The third kappa shape index (κ3) is 2.22. The molecule has 0 radical (unpaired) electrons. The van der Waals surface area contributed by atoms with Gasteiger partial charge in [0.25, 0.3) is 0 Å². The van der Waals surface area contributed by atoms with E-state index in [4.69, 9.17) is 5.26 Å². The molecule has 0 saturated heterocycles. The summed E-state index contributed by atoms with van der Waals surface area (Å²) in [4.78, 5) is 11.7. The Bertz CT molecular complexity index is 398. The van der Waals surface area contributed by atoms with Crippen LogP contribution in [0.2, 0.25) is 0 Å². The first-order valence-electron chi connectivity index (χ1n) is 5.44. The molecule has 0 spiro atoms. The van der Waals surface area contributed by atoms with Gasteiger partial charge in [0, 0.05) is 12.4 Å². The van der Waals surface area contributed by atoms with E-state index in [-0.39, 0.29) is 12.5 Å². The molecule has 1 aromatic heterocycles. The van der Waals surface area contributed by atoms with Crippen LogP contribution in [0, 0.1) is 11.3 Å². The SMILES string of the molecule is N#CC1(NC(=O)Cn2cccn2)CCCC1. The lowest BCUT2D eigenvalue weighted by molar-refractivity contribution is -0.123. The Hall–Kier alpha value is -1.83. The second-order valence-electron chi connectivity index (χ2n) is 4.15. The Labute approximate surface area is 94.1 Å². The summed E-state index contributed by atoms with van der Waals surface area (Å²) in [6.45, 7) is 0.177. The van der Waals surface area contributed by atoms with Crippen molar-refractivity contribution in [2.75, 3.05) is 0 Å². The molecule has 5 nitrogen and oxygen atoms in total. The molecule has 16 heavy (non-hydrogen) atoms. The van der Waals surface area contributed by atoms with E-state index in [1.165, 1.54) is 0 Å². The van der Waals surface area contributed by atoms with Gasteiger partial charge < -0.3 is 5.32 Å². The summed E-state index contributed by atoms with van der Waals surface area (Å²) in [5, 5.41) is 15.9. The van der Waals surface area contributed by atoms with E-state index in [0.717, 1.165) is 25.7 Å². The zero-order valence-electron chi connectivity index (χ0n) is 9.02. The highest BCUT2D eigenvalue weighted by Crippen LogP contribution is 2.28. The quantitative estimate of drug-likeness (QED) is 0.817. The molecule has 0 aliphatic heterocycles. The maximum atomic E-state index is 11.7. The average Bonchev–Trinajstić information content (AvgIpc) is 2.90. The van der Waals surface area contributed by atoms with Gasteiger partial charge in [-0.2, -0.15) is 10.4 Å². The fraction of sp³-hybridized carbons (Fsp3) is 0.545. The highest BCUT2D eigenvalue weighted by molar-refractivity contribution is 5.77. The Morgan fingerprint density at radius 2 is 2.31 bits per heavy atom. The van der Waals surface area contributed by atoms with Gasteiger partial charge in [-0.05, 0) is 31.7 Å². The highest BCUT2D eigenvalue weighted by Gasteiger charge is 2.35. The Balaban J connectivity index is 1.94. The van der Waals surface area contributed by atoms with Crippen LogP contribution >= 0.6 is 0 Å². The van der Waals surface area contributed by atoms with Gasteiger partial charge in [-0.3, -0.25) is 9.48 Å². The summed E-state index contributed by atoms with van der Waals surface area (Å²) >= 11 is 0. The molecule has 1 saturated carbocycles. The zero-order chi connectivity index (χ0) is 11.4. The fourth-order valence-electron chi connectivity index (χ4n) is 2.09. The van der Waals surface area contributed by atoms with Gasteiger partial charge in [0.1, 0.15) is 12.1 Å². The second-order valence-corrected chi connectivity index (χ2v) is 4.15. The summed E-state index contributed by atoms with van der Waals surface area (Å²) in [5.41, 5.74) is -0.635. The van der Waals surface area contributed by atoms with Crippen molar-refractivity contribution in [2.24, 2.45) is 0 Å². The first-order chi connectivity index (χ1) is 7.74. The van der Waals surface area contributed by atoms with Gasteiger partial charge in [0.15, 0.2) is 0 Å². The molecule has 1 aliphatic rings. The van der Waals surface area contributed by atoms with Crippen molar-refractivity contribution in [3.8, 4) is 6.07 Å². The van der Waals surface area contributed by atoms with Gasteiger partial charge in [-0.1, -0.05) is 0 Å². The number of nitrogens with zero attached hydrogens (tertiary/aromatic N) is 3. The Kier molecular flexibility index (Phi) is 2.91. The monoisotopic (exact) mass is 218 g/mol. The number of carbonyl (C=O) groups excluding carboxylic acids is 1. The number of hydrogen-bond acceptors (Lipinski definition) is 3. The Morgan fingerprint density at radius 3 is 2.88 bits per heavy atom. The van der Waals surface area contributed by atoms with Gasteiger partial charge in [-0.15, -0.1) is 0 Å². The molecule has 1 N–H and O–H groups in total. The van der Waals surface area contributed by atoms with E-state index in [2.05, 4.69) is 16.5 Å². The molecular formula is C11H14N4O. The number of carbonyl (C=O) groups is 1. The van der Waals surface area contributed by atoms with E-state index in [1.54, 1.807) is 23.1 Å². The zero-order valence-corrected chi connectivity index (χ0v) is 9.02. The molecular weight excluding hydrogens is 204 g/mol. The maximum absolute atomic E-state index is 11.7. The molecule has 0 aromatic carbocycles. The lowest BCUT2D eigenvalue weighted by Crippen LogP contribution is -2.46. The number of hydrogen-bond donors (Lipinski definition) is 1. The van der Waals surface area contributed by atoms with Crippen LogP contribution in [0.15, 0.2) is 18.5 Å². The molecule has 1 fully saturated rings. The topological polar surface area (TPSA) is 70.7 Å². The first-order valence-corrected chi connectivity index (χ1v) is 5.44. The smallest absolute Gasteiger partial charge is 0.242 e. The second kappa shape index (κ2) is 4.35. The number of amides is 1. The van der Waals surface area contributed by atoms with E-state index >= 15 is 0 Å². The molecule has 0 unspecified atom stereocenters. The molecule has 1 amide bonds.